The van der Waals surface area contributed by atoms with Gasteiger partial charge in [0.05, 0.1) is 0 Å². The van der Waals surface area contributed by atoms with E-state index in [4.69, 9.17) is 0 Å². The minimum atomic E-state index is -5.73. The van der Waals surface area contributed by atoms with Crippen LogP contribution in [0.15, 0.2) is 30.9 Å². The fourth-order valence-corrected chi connectivity index (χ4v) is 9.32. The average Bonchev–Trinajstić information content (AvgIpc) is 2.82. The average molecular weight is 521 g/mol. The van der Waals surface area contributed by atoms with Crippen LogP contribution in [0.4, 0.5) is 26.3 Å². The van der Waals surface area contributed by atoms with Crippen molar-refractivity contribution in [1.82, 2.24) is 0 Å². The summed E-state index contributed by atoms with van der Waals surface area (Å²) >= 11 is 0. The smallest absolute Gasteiger partial charge is 0.456 e. The van der Waals surface area contributed by atoms with Crippen molar-refractivity contribution in [2.24, 2.45) is 11.8 Å². The van der Waals surface area contributed by atoms with Crippen LogP contribution in [0.25, 0.3) is 0 Å². The van der Waals surface area contributed by atoms with Gasteiger partial charge in [-0.15, -0.1) is 6.58 Å². The lowest BCUT2D eigenvalue weighted by Gasteiger charge is -2.32. The van der Waals surface area contributed by atoms with Crippen LogP contribution in [0.1, 0.15) is 75.7 Å². The molecule has 0 unspecified atom stereocenters. The third-order valence-corrected chi connectivity index (χ3v) is 11.6. The topological polar surface area (TPSA) is 9.23 Å². The van der Waals surface area contributed by atoms with Crippen LogP contribution in [0.5, 0.6) is 5.75 Å². The molecule has 1 nitrogen and oxygen atoms in total. The second kappa shape index (κ2) is 12.7. The molecule has 0 radical (unpaired) electrons. The summed E-state index contributed by atoms with van der Waals surface area (Å²) in [6, 6.07) is 8.44. The molecule has 1 aliphatic heterocycles. The number of allylic oxidation sites excluding steroid dienone is 1. The summed E-state index contributed by atoms with van der Waals surface area (Å²) in [6.07, 6.45) is 8.23. The largest absolute Gasteiger partial charge is 0.484 e. The van der Waals surface area contributed by atoms with Crippen LogP contribution >= 0.6 is 0 Å². The molecule has 3 rings (SSSR count). The Labute approximate surface area is 206 Å². The number of benzene rings is 1. The minimum Gasteiger partial charge on any atom is -0.484 e. The Hall–Kier alpha value is -1.44. The first-order chi connectivity index (χ1) is 16.6. The predicted octanol–water partition coefficient (Wildman–Crippen LogP) is 9.06. The molecule has 8 heteroatoms. The zero-order chi connectivity index (χ0) is 25.5. The molecule has 1 saturated heterocycles. The number of unbranched alkanes of at least 4 members (excludes halogenated alkanes) is 1. The van der Waals surface area contributed by atoms with Crippen LogP contribution in [0, 0.1) is 17.7 Å². The van der Waals surface area contributed by atoms with E-state index in [0.717, 1.165) is 43.6 Å². The van der Waals surface area contributed by atoms with Crippen LogP contribution in [-0.4, -0.2) is 27.5 Å². The number of hydrogen-bond acceptors (Lipinski definition) is 1. The standard InChI is InChI=1S/C27H38F6OSi/c1-2-3-4-15-35-16-13-21(14-17-35)6-5-20-7-9-22(10-8-20)23-11-12-25(24(28)18-23)34-19-26(29,30)27(31,32)33/h2,11-12,18,20-22,35H,1,3-10,13-17,19H2. The Kier molecular flexibility index (Phi) is 10.2. The van der Waals surface area contributed by atoms with Crippen molar-refractivity contribution in [3.8, 4) is 5.75 Å². The van der Waals surface area contributed by atoms with Crippen LogP contribution in [-0.2, 0) is 0 Å². The first-order valence-electron chi connectivity index (χ1n) is 13.1. The summed E-state index contributed by atoms with van der Waals surface area (Å²) in [5.41, 5.74) is 0.760. The molecule has 1 aliphatic carbocycles. The second-order valence-electron chi connectivity index (χ2n) is 10.6. The first kappa shape index (κ1) is 28.1. The van der Waals surface area contributed by atoms with Crippen LogP contribution < -0.4 is 4.74 Å². The van der Waals surface area contributed by atoms with E-state index in [9.17, 15) is 26.3 Å². The molecule has 0 atom stereocenters. The van der Waals surface area contributed by atoms with E-state index in [0.29, 0.717) is 5.92 Å². The van der Waals surface area contributed by atoms with Crippen molar-refractivity contribution >= 4 is 8.80 Å². The van der Waals surface area contributed by atoms with Gasteiger partial charge >= 0.3 is 12.1 Å². The highest BCUT2D eigenvalue weighted by atomic mass is 28.3. The lowest BCUT2D eigenvalue weighted by molar-refractivity contribution is -0.290. The van der Waals surface area contributed by atoms with E-state index < -0.39 is 39.1 Å². The SMILES string of the molecule is C=CCCC[SiH]1CCC(CCC2CCC(c3ccc(OCC(F)(F)C(F)(F)F)c(F)c3)CC2)CC1. The van der Waals surface area contributed by atoms with E-state index in [1.54, 1.807) is 6.07 Å². The van der Waals surface area contributed by atoms with Crippen molar-refractivity contribution in [2.45, 2.75) is 100 Å². The molecule has 1 aromatic rings. The Morgan fingerprint density at radius 2 is 1.57 bits per heavy atom. The second-order valence-corrected chi connectivity index (χ2v) is 14.0. The normalized spacial score (nSPS) is 25.9. The van der Waals surface area contributed by atoms with Gasteiger partial charge in [-0.3, -0.25) is 0 Å². The molecule has 1 saturated carbocycles. The van der Waals surface area contributed by atoms with E-state index in [1.807, 2.05) is 6.08 Å². The van der Waals surface area contributed by atoms with Gasteiger partial charge in [0.25, 0.3) is 0 Å². The van der Waals surface area contributed by atoms with Crippen molar-refractivity contribution < 1.29 is 31.1 Å². The quantitative estimate of drug-likeness (QED) is 0.122. The van der Waals surface area contributed by atoms with Gasteiger partial charge in [-0.25, -0.2) is 4.39 Å². The summed E-state index contributed by atoms with van der Waals surface area (Å²) in [7, 11) is -0.502. The van der Waals surface area contributed by atoms with E-state index in [-0.39, 0.29) is 5.92 Å². The number of ether oxygens (including phenoxy) is 1. The Balaban J connectivity index is 1.38. The Morgan fingerprint density at radius 3 is 2.14 bits per heavy atom. The fraction of sp³-hybridized carbons (Fsp3) is 0.704. The number of rotatable bonds is 11. The number of hydrogen-bond donors (Lipinski definition) is 0. The van der Waals surface area contributed by atoms with E-state index in [1.165, 1.54) is 62.4 Å². The Morgan fingerprint density at radius 1 is 0.943 bits per heavy atom. The maximum Gasteiger partial charge on any atom is 0.456 e. The molecule has 1 aromatic carbocycles. The molecule has 0 amide bonds. The number of alkyl halides is 5. The monoisotopic (exact) mass is 520 g/mol. The van der Waals surface area contributed by atoms with Crippen LogP contribution in [0.3, 0.4) is 0 Å². The minimum absolute atomic E-state index is 0.184. The van der Waals surface area contributed by atoms with Gasteiger partial charge in [0.15, 0.2) is 18.2 Å². The summed E-state index contributed by atoms with van der Waals surface area (Å²) in [5, 5.41) is 0. The lowest BCUT2D eigenvalue weighted by atomic mass is 9.76. The molecular weight excluding hydrogens is 482 g/mol. The third kappa shape index (κ3) is 8.29. The molecule has 2 aliphatic rings. The third-order valence-electron chi connectivity index (χ3n) is 8.07. The van der Waals surface area contributed by atoms with Crippen molar-refractivity contribution in [3.05, 3.63) is 42.2 Å². The zero-order valence-corrected chi connectivity index (χ0v) is 21.6. The molecule has 0 spiro atoms. The predicted molar refractivity (Wildman–Crippen MR) is 131 cm³/mol. The molecule has 1 heterocycles. The summed E-state index contributed by atoms with van der Waals surface area (Å²) in [6.45, 7) is 1.88. The fourth-order valence-electron chi connectivity index (χ4n) is 5.75. The lowest BCUT2D eigenvalue weighted by Crippen LogP contribution is -2.41. The molecule has 0 aromatic heterocycles. The first-order valence-corrected chi connectivity index (χ1v) is 15.5. The van der Waals surface area contributed by atoms with Crippen molar-refractivity contribution in [2.75, 3.05) is 6.61 Å². The molecular formula is C27H38F6OSi. The molecule has 0 bridgehead atoms. The van der Waals surface area contributed by atoms with Gasteiger partial charge in [0.1, 0.15) is 0 Å². The maximum absolute atomic E-state index is 14.3. The van der Waals surface area contributed by atoms with E-state index >= 15 is 0 Å². The highest BCUT2D eigenvalue weighted by Crippen LogP contribution is 2.41. The van der Waals surface area contributed by atoms with Crippen molar-refractivity contribution in [3.63, 3.8) is 0 Å². The zero-order valence-electron chi connectivity index (χ0n) is 20.4. The Bertz CT molecular complexity index is 795. The summed E-state index contributed by atoms with van der Waals surface area (Å²) < 4.78 is 81.7. The van der Waals surface area contributed by atoms with Gasteiger partial charge in [-0.05, 0) is 67.6 Å². The van der Waals surface area contributed by atoms with Gasteiger partial charge in [0.2, 0.25) is 0 Å². The molecule has 35 heavy (non-hydrogen) atoms. The van der Waals surface area contributed by atoms with Gasteiger partial charge in [-0.2, -0.15) is 22.0 Å². The number of halogens is 6. The molecule has 0 N–H and O–H groups in total. The molecule has 2 fully saturated rings. The highest BCUT2D eigenvalue weighted by molar-refractivity contribution is 6.58. The van der Waals surface area contributed by atoms with Gasteiger partial charge in [-0.1, -0.05) is 62.4 Å². The van der Waals surface area contributed by atoms with Crippen molar-refractivity contribution in [1.29, 1.82) is 0 Å². The summed E-state index contributed by atoms with van der Waals surface area (Å²) in [5.74, 6) is -4.74. The van der Waals surface area contributed by atoms with Gasteiger partial charge < -0.3 is 4.74 Å². The summed E-state index contributed by atoms with van der Waals surface area (Å²) in [4.78, 5) is 0. The highest BCUT2D eigenvalue weighted by Gasteiger charge is 2.58. The maximum atomic E-state index is 14.3. The van der Waals surface area contributed by atoms with Crippen LogP contribution in [0.2, 0.25) is 18.1 Å². The molecule has 198 valence electrons. The van der Waals surface area contributed by atoms with E-state index in [2.05, 4.69) is 11.3 Å². The van der Waals surface area contributed by atoms with Gasteiger partial charge in [0, 0.05) is 8.80 Å².